The van der Waals surface area contributed by atoms with Crippen LogP contribution in [-0.4, -0.2) is 32.8 Å². The molecule has 0 bridgehead atoms. The van der Waals surface area contributed by atoms with Gasteiger partial charge in [-0.2, -0.15) is 11.3 Å². The average Bonchev–Trinajstić information content (AvgIpc) is 3.84. The van der Waals surface area contributed by atoms with E-state index < -0.39 is 45.2 Å². The van der Waals surface area contributed by atoms with Crippen LogP contribution in [0.1, 0.15) is 106 Å². The van der Waals surface area contributed by atoms with Gasteiger partial charge in [0, 0.05) is 40.7 Å². The van der Waals surface area contributed by atoms with Crippen LogP contribution in [0.3, 0.4) is 0 Å². The van der Waals surface area contributed by atoms with Crippen LogP contribution >= 0.6 is 11.3 Å². The molecule has 4 aromatic heterocycles. The van der Waals surface area contributed by atoms with Crippen molar-refractivity contribution in [3.63, 3.8) is 0 Å². The van der Waals surface area contributed by atoms with Gasteiger partial charge in [-0.25, -0.2) is 4.98 Å². The van der Waals surface area contributed by atoms with Crippen molar-refractivity contribution in [1.29, 1.82) is 0 Å². The summed E-state index contributed by atoms with van der Waals surface area (Å²) >= 11 is -0.874. The topological polar surface area (TPSA) is 43.6 Å². The Morgan fingerprint density at radius 2 is 1.46 bits per heavy atom. The Morgan fingerprint density at radius 1 is 0.762 bits per heavy atom. The number of imidazole rings is 1. The normalized spacial score (nSPS) is 14.8. The molecule has 0 atom stereocenters. The molecule has 0 N–H and O–H groups in total. The van der Waals surface area contributed by atoms with E-state index in [0.29, 0.717) is 17.4 Å². The average molecular weight is 1100 g/mol. The van der Waals surface area contributed by atoms with Gasteiger partial charge in [0.05, 0.1) is 22.4 Å². The quantitative estimate of drug-likeness (QED) is 0.123. The van der Waals surface area contributed by atoms with Gasteiger partial charge in [0.25, 0.3) is 0 Å². The summed E-state index contributed by atoms with van der Waals surface area (Å²) in [7, 11) is 0. The summed E-state index contributed by atoms with van der Waals surface area (Å²) in [5.41, 5.74) is 8.88. The van der Waals surface area contributed by atoms with Crippen molar-refractivity contribution in [2.24, 2.45) is 0 Å². The fraction of sp³-hybridized carbons (Fsp3) is 0.291. The van der Waals surface area contributed by atoms with Crippen molar-refractivity contribution >= 4 is 71.2 Å². The van der Waals surface area contributed by atoms with Crippen LogP contribution in [0.25, 0.3) is 70.6 Å². The molecule has 0 unspecified atom stereocenters. The number of para-hydroxylation sites is 2. The van der Waals surface area contributed by atoms with Crippen molar-refractivity contribution in [3.05, 3.63) is 149 Å². The van der Waals surface area contributed by atoms with Gasteiger partial charge in [-0.1, -0.05) is 95.3 Å². The van der Waals surface area contributed by atoms with Gasteiger partial charge in [-0.05, 0) is 75.8 Å². The molecule has 63 heavy (non-hydrogen) atoms. The molecule has 0 aliphatic rings. The van der Waals surface area contributed by atoms with E-state index in [1.807, 2.05) is 35.5 Å². The van der Waals surface area contributed by atoms with E-state index >= 15 is 0 Å². The molecule has 9 aromatic rings. The van der Waals surface area contributed by atoms with Gasteiger partial charge in [-0.3, -0.25) is 4.98 Å². The Hall–Kier alpha value is -4.53. The van der Waals surface area contributed by atoms with Gasteiger partial charge < -0.3 is 4.57 Å². The first-order chi connectivity index (χ1) is 32.9. The molecule has 1 radical (unpaired) electrons. The molecular weight excluding hydrogens is 1030 g/mol. The number of thiophene rings is 1. The summed E-state index contributed by atoms with van der Waals surface area (Å²) in [6.45, 7) is 8.83. The fourth-order valence-electron chi connectivity index (χ4n) is 8.02. The number of pyridine rings is 2. The van der Waals surface area contributed by atoms with Crippen LogP contribution in [0, 0.1) is 38.5 Å². The third kappa shape index (κ3) is 8.96. The maximum Gasteiger partial charge on any atom is 0.114 e. The van der Waals surface area contributed by atoms with Crippen molar-refractivity contribution in [3.8, 4) is 28.3 Å². The molecule has 0 fully saturated rings. The fourth-order valence-corrected chi connectivity index (χ4v) is 12.0. The summed E-state index contributed by atoms with van der Waals surface area (Å²) < 4.78 is 88.1. The molecule has 0 aliphatic heterocycles. The number of fused-ring (bicyclic) bond motifs is 5. The molecule has 0 aliphatic carbocycles. The van der Waals surface area contributed by atoms with E-state index in [4.69, 9.17) is 22.3 Å². The zero-order valence-electron chi connectivity index (χ0n) is 46.3. The molecule has 8 heteroatoms. The van der Waals surface area contributed by atoms with E-state index in [1.54, 1.807) is 23.5 Å². The maximum atomic E-state index is 14.7. The van der Waals surface area contributed by atoms with Crippen LogP contribution in [0.15, 0.2) is 97.2 Å². The molecule has 0 amide bonds. The smallest absolute Gasteiger partial charge is 0.114 e. The second-order valence-corrected chi connectivity index (χ2v) is 30.3. The molecule has 0 spiro atoms. The van der Waals surface area contributed by atoms with Crippen LogP contribution < -0.4 is 4.40 Å². The number of nitrogens with zero attached hydrogens (tertiary/aromatic N) is 4. The first-order valence-corrected chi connectivity index (χ1v) is 29.2. The monoisotopic (exact) mass is 1100 g/mol. The third-order valence-electron chi connectivity index (χ3n) is 11.4. The summed E-state index contributed by atoms with van der Waals surface area (Å²) in [5, 5.41) is 2.90. The van der Waals surface area contributed by atoms with Gasteiger partial charge in [0.1, 0.15) is 4.83 Å². The van der Waals surface area contributed by atoms with Gasteiger partial charge in [0.15, 0.2) is 0 Å². The van der Waals surface area contributed by atoms with Gasteiger partial charge in [-0.15, -0.1) is 18.2 Å². The van der Waals surface area contributed by atoms with Crippen molar-refractivity contribution < 1.29 is 36.8 Å². The first-order valence-electron chi connectivity index (χ1n) is 25.5. The minimum atomic E-state index is -2.61. The SMILES string of the molecule is [2H]C([2H])([2H])c1cc(-c2[c-]ccc(C([2H])([2H])[2H])c2F)nc[c]1[Ge]([CH3])([CH3])[CH3].[2H]C([2H])([2H])c1ccc2nc3sc4c(-c5nc6ccccc6n5-c5c(C(C)C)cc(C(C)(C)C)cc5C(C)C)[c-]ccc4c3cc2c1.[Ir]. The molecule has 9 rings (SSSR count). The van der Waals surface area contributed by atoms with Gasteiger partial charge in [0.2, 0.25) is 0 Å². The molecule has 0 saturated carbocycles. The van der Waals surface area contributed by atoms with Crippen LogP contribution in [0.2, 0.25) is 17.3 Å². The molecule has 0 saturated heterocycles. The number of aromatic nitrogens is 4. The minimum Gasteiger partial charge on any atom is -0.333 e. The van der Waals surface area contributed by atoms with Crippen LogP contribution in [-0.2, 0) is 25.5 Å². The summed E-state index contributed by atoms with van der Waals surface area (Å²) in [5.74, 6) is 6.65. The summed E-state index contributed by atoms with van der Waals surface area (Å²) in [4.78, 5) is 15.4. The molecule has 5 aromatic carbocycles. The number of halogens is 1. The van der Waals surface area contributed by atoms with E-state index in [-0.39, 0.29) is 42.3 Å². The van der Waals surface area contributed by atoms with E-state index in [2.05, 4.69) is 113 Å². The second kappa shape index (κ2) is 17.8. The third-order valence-corrected chi connectivity index (χ3v) is 16.8. The summed E-state index contributed by atoms with van der Waals surface area (Å²) in [6.07, 6.45) is 1.49. The van der Waals surface area contributed by atoms with E-state index in [9.17, 15) is 4.39 Å². The number of hydrogen-bond donors (Lipinski definition) is 0. The molecule has 4 heterocycles. The van der Waals surface area contributed by atoms with Crippen molar-refractivity contribution in [2.45, 2.75) is 104 Å². The predicted molar refractivity (Wildman–Crippen MR) is 266 cm³/mol. The van der Waals surface area contributed by atoms with E-state index in [1.165, 1.54) is 40.7 Å². The molecular formula is C55H57FGeIrN4S-2. The Morgan fingerprint density at radius 3 is 2.13 bits per heavy atom. The van der Waals surface area contributed by atoms with Gasteiger partial charge >= 0.3 is 125 Å². The number of aryl methyl sites for hydroxylation is 3. The number of rotatable bonds is 6. The minimum absolute atomic E-state index is 0. The van der Waals surface area contributed by atoms with Crippen molar-refractivity contribution in [1.82, 2.24) is 19.5 Å². The first kappa shape index (κ1) is 35.8. The number of benzene rings is 5. The Bertz CT molecular complexity index is 3480. The Labute approximate surface area is 405 Å². The maximum absolute atomic E-state index is 14.7. The zero-order valence-corrected chi connectivity index (χ0v) is 42.6. The largest absolute Gasteiger partial charge is 0.333 e. The predicted octanol–water partition coefficient (Wildman–Crippen LogP) is 15.1. The second-order valence-electron chi connectivity index (χ2n) is 18.7. The van der Waals surface area contributed by atoms with Crippen LogP contribution in [0.4, 0.5) is 4.39 Å². The van der Waals surface area contributed by atoms with E-state index in [0.717, 1.165) is 64.1 Å². The standard InChI is InChI=1S/C39H38N3S.C16H19FGeN.Ir/c1-22(2)29-20-26(39(6,7)8)21-30(23(3)4)35(29)42-34-15-10-9-14-33(34)40-37(42)28-13-11-12-27-31-19-25-18-24(5)16-17-32(25)41-38(31)43-36(27)28;1-11-7-6-8-13(16(11)17)15-9-12(2)14(10-19-15)18(3,4)5;/h9-12,14-23H,1-8H3;6-7,9-10H,1-5H3;/q2*-1;/i5D3;1D3,2D3;. The molecule has 325 valence electrons. The molecule has 4 nitrogen and oxygen atoms in total. The zero-order chi connectivity index (χ0) is 51.9. The number of hydrogen-bond acceptors (Lipinski definition) is 4. The Balaban J connectivity index is 0.000000249. The summed E-state index contributed by atoms with van der Waals surface area (Å²) in [6, 6.07) is 34.6. The van der Waals surface area contributed by atoms with Crippen LogP contribution in [0.5, 0.6) is 0 Å². The Kier molecular flexibility index (Phi) is 10.1. The van der Waals surface area contributed by atoms with Crippen molar-refractivity contribution in [2.75, 3.05) is 0 Å².